The molecule has 7 heteroatoms. The van der Waals surface area contributed by atoms with E-state index in [-0.39, 0.29) is 25.2 Å². The first kappa shape index (κ1) is 50.4. The molecule has 0 rings (SSSR count). The molecule has 0 radical (unpaired) electrons. The zero-order valence-electron chi connectivity index (χ0n) is 34.3. The van der Waals surface area contributed by atoms with E-state index in [9.17, 15) is 19.5 Å². The first-order valence-corrected chi connectivity index (χ1v) is 22.7. The Morgan fingerprint density at radius 2 is 0.577 bits per heavy atom. The van der Waals surface area contributed by atoms with Gasteiger partial charge in [-0.05, 0) is 19.3 Å². The second-order valence-corrected chi connectivity index (χ2v) is 15.7. The van der Waals surface area contributed by atoms with E-state index >= 15 is 0 Å². The number of carbonyl (C=O) groups excluding carboxylic acids is 2. The van der Waals surface area contributed by atoms with Crippen LogP contribution in [0.1, 0.15) is 251 Å². The molecule has 1 atom stereocenters. The number of aliphatic hydroxyl groups is 1. The van der Waals surface area contributed by atoms with Crippen LogP contribution in [0.15, 0.2) is 0 Å². The van der Waals surface area contributed by atoms with Crippen LogP contribution in [-0.4, -0.2) is 47.4 Å². The van der Waals surface area contributed by atoms with Crippen LogP contribution in [0, 0.1) is 0 Å². The summed E-state index contributed by atoms with van der Waals surface area (Å²) >= 11 is 0. The predicted octanol–water partition coefficient (Wildman–Crippen LogP) is 13.4. The van der Waals surface area contributed by atoms with Gasteiger partial charge in [0.1, 0.15) is 19.3 Å². The molecule has 308 valence electrons. The standard InChI is InChI=1S/C45H86O7/c1-2-3-4-5-6-7-8-9-10-11-12-13-17-20-23-26-29-32-35-38-44(49)51-40-42(46)41-52-45(50)39-36-33-30-27-24-21-18-15-14-16-19-22-25-28-31-34-37-43(47)48/h42,46H,2-41H2,1H3,(H,47,48). The monoisotopic (exact) mass is 739 g/mol. The first-order valence-electron chi connectivity index (χ1n) is 22.7. The number of esters is 2. The fourth-order valence-corrected chi connectivity index (χ4v) is 6.94. The van der Waals surface area contributed by atoms with Crippen molar-refractivity contribution in [1.82, 2.24) is 0 Å². The molecule has 0 aromatic heterocycles. The van der Waals surface area contributed by atoms with E-state index in [4.69, 9.17) is 14.6 Å². The largest absolute Gasteiger partial charge is 0.481 e. The van der Waals surface area contributed by atoms with Crippen LogP contribution < -0.4 is 0 Å². The molecule has 0 amide bonds. The maximum atomic E-state index is 12.0. The zero-order chi connectivity index (χ0) is 38.0. The predicted molar refractivity (Wildman–Crippen MR) is 217 cm³/mol. The maximum absolute atomic E-state index is 12.0. The van der Waals surface area contributed by atoms with Crippen molar-refractivity contribution in [2.75, 3.05) is 13.2 Å². The van der Waals surface area contributed by atoms with Crippen molar-refractivity contribution in [3.63, 3.8) is 0 Å². The molecule has 0 aliphatic heterocycles. The van der Waals surface area contributed by atoms with E-state index in [2.05, 4.69) is 6.92 Å². The molecule has 0 aliphatic rings. The quantitative estimate of drug-likeness (QED) is 0.0473. The number of carbonyl (C=O) groups is 3. The molecule has 0 saturated carbocycles. The van der Waals surface area contributed by atoms with Crippen molar-refractivity contribution in [2.45, 2.75) is 257 Å². The lowest BCUT2D eigenvalue weighted by molar-refractivity contribution is -0.152. The molecule has 0 spiro atoms. The second kappa shape index (κ2) is 42.1. The Kier molecular flexibility index (Phi) is 40.8. The Hall–Kier alpha value is -1.63. The Bertz CT molecular complexity index is 771. The van der Waals surface area contributed by atoms with E-state index in [0.29, 0.717) is 19.3 Å². The highest BCUT2D eigenvalue weighted by molar-refractivity contribution is 5.69. The van der Waals surface area contributed by atoms with E-state index in [1.165, 1.54) is 167 Å². The SMILES string of the molecule is CCCCCCCCCCCCCCCCCCCCCC(=O)OCC(O)COC(=O)CCCCCCCCCCCCCCCCCCC(=O)O. The topological polar surface area (TPSA) is 110 Å². The van der Waals surface area contributed by atoms with Gasteiger partial charge < -0.3 is 19.7 Å². The van der Waals surface area contributed by atoms with Gasteiger partial charge in [-0.1, -0.05) is 212 Å². The summed E-state index contributed by atoms with van der Waals surface area (Å²) in [6, 6.07) is 0. The number of rotatable bonds is 43. The van der Waals surface area contributed by atoms with Gasteiger partial charge in [0.15, 0.2) is 0 Å². The van der Waals surface area contributed by atoms with Gasteiger partial charge in [-0.3, -0.25) is 14.4 Å². The molecule has 7 nitrogen and oxygen atoms in total. The van der Waals surface area contributed by atoms with Gasteiger partial charge >= 0.3 is 17.9 Å². The minimum absolute atomic E-state index is 0.122. The lowest BCUT2D eigenvalue weighted by Gasteiger charge is -2.12. The molecule has 0 aliphatic carbocycles. The second-order valence-electron chi connectivity index (χ2n) is 15.7. The van der Waals surface area contributed by atoms with Crippen LogP contribution in [0.4, 0.5) is 0 Å². The molecule has 0 aromatic carbocycles. The van der Waals surface area contributed by atoms with Gasteiger partial charge in [0, 0.05) is 19.3 Å². The van der Waals surface area contributed by atoms with Crippen LogP contribution in [-0.2, 0) is 23.9 Å². The lowest BCUT2D eigenvalue weighted by atomic mass is 10.0. The summed E-state index contributed by atoms with van der Waals surface area (Å²) < 4.78 is 10.4. The van der Waals surface area contributed by atoms with Crippen LogP contribution in [0.2, 0.25) is 0 Å². The van der Waals surface area contributed by atoms with E-state index in [0.717, 1.165) is 57.8 Å². The van der Waals surface area contributed by atoms with Gasteiger partial charge in [-0.15, -0.1) is 0 Å². The number of aliphatic hydroxyl groups excluding tert-OH is 1. The highest BCUT2D eigenvalue weighted by Crippen LogP contribution is 2.16. The summed E-state index contributed by atoms with van der Waals surface area (Å²) in [7, 11) is 0. The van der Waals surface area contributed by atoms with Crippen LogP contribution in [0.5, 0.6) is 0 Å². The molecular weight excluding hydrogens is 652 g/mol. The van der Waals surface area contributed by atoms with Gasteiger partial charge in [0.2, 0.25) is 0 Å². The van der Waals surface area contributed by atoms with Gasteiger partial charge in [-0.2, -0.15) is 0 Å². The average molecular weight is 739 g/mol. The number of ether oxygens (including phenoxy) is 2. The van der Waals surface area contributed by atoms with Crippen molar-refractivity contribution in [3.8, 4) is 0 Å². The summed E-state index contributed by atoms with van der Waals surface area (Å²) in [4.78, 5) is 34.5. The third-order valence-corrected chi connectivity index (χ3v) is 10.4. The number of hydrogen-bond donors (Lipinski definition) is 2. The summed E-state index contributed by atoms with van der Waals surface area (Å²) in [6.45, 7) is 2.03. The van der Waals surface area contributed by atoms with Crippen molar-refractivity contribution in [1.29, 1.82) is 0 Å². The Morgan fingerprint density at radius 1 is 0.365 bits per heavy atom. The smallest absolute Gasteiger partial charge is 0.305 e. The Labute approximate surface area is 321 Å². The first-order chi connectivity index (χ1) is 25.5. The Balaban J connectivity index is 3.35. The maximum Gasteiger partial charge on any atom is 0.305 e. The normalized spacial score (nSPS) is 11.9. The lowest BCUT2D eigenvalue weighted by Crippen LogP contribution is -2.25. The molecule has 0 aromatic rings. The fraction of sp³-hybridized carbons (Fsp3) is 0.933. The van der Waals surface area contributed by atoms with E-state index in [1.807, 2.05) is 0 Å². The molecular formula is C45H86O7. The summed E-state index contributed by atoms with van der Waals surface area (Å²) in [6.07, 6.45) is 44.0. The molecule has 52 heavy (non-hydrogen) atoms. The summed E-state index contributed by atoms with van der Waals surface area (Å²) in [5.41, 5.74) is 0. The number of aliphatic carboxylic acids is 1. The summed E-state index contributed by atoms with van der Waals surface area (Å²) in [5, 5.41) is 18.7. The van der Waals surface area contributed by atoms with Crippen molar-refractivity contribution in [2.24, 2.45) is 0 Å². The molecule has 1 unspecified atom stereocenters. The third kappa shape index (κ3) is 42.8. The Morgan fingerprint density at radius 3 is 0.808 bits per heavy atom. The van der Waals surface area contributed by atoms with Crippen LogP contribution in [0.25, 0.3) is 0 Å². The molecule has 0 bridgehead atoms. The van der Waals surface area contributed by atoms with Crippen molar-refractivity contribution < 1.29 is 34.1 Å². The molecule has 2 N–H and O–H groups in total. The highest BCUT2D eigenvalue weighted by atomic mass is 16.6. The molecule has 0 saturated heterocycles. The highest BCUT2D eigenvalue weighted by Gasteiger charge is 2.12. The van der Waals surface area contributed by atoms with E-state index in [1.54, 1.807) is 0 Å². The van der Waals surface area contributed by atoms with Gasteiger partial charge in [-0.25, -0.2) is 0 Å². The van der Waals surface area contributed by atoms with Crippen LogP contribution >= 0.6 is 0 Å². The van der Waals surface area contributed by atoms with Crippen molar-refractivity contribution in [3.05, 3.63) is 0 Å². The van der Waals surface area contributed by atoms with E-state index < -0.39 is 12.1 Å². The number of carboxylic acids is 1. The fourth-order valence-electron chi connectivity index (χ4n) is 6.94. The minimum Gasteiger partial charge on any atom is -0.481 e. The van der Waals surface area contributed by atoms with Crippen LogP contribution in [0.3, 0.4) is 0 Å². The molecule has 0 heterocycles. The third-order valence-electron chi connectivity index (χ3n) is 10.4. The average Bonchev–Trinajstić information content (AvgIpc) is 3.13. The zero-order valence-corrected chi connectivity index (χ0v) is 34.3. The molecule has 0 fully saturated rings. The van der Waals surface area contributed by atoms with Gasteiger partial charge in [0.25, 0.3) is 0 Å². The van der Waals surface area contributed by atoms with Gasteiger partial charge in [0.05, 0.1) is 0 Å². The summed E-state index contributed by atoms with van der Waals surface area (Å²) in [5.74, 6) is -1.26. The number of carboxylic acid groups (broad SMARTS) is 1. The number of unbranched alkanes of at least 4 members (excludes halogenated alkanes) is 33. The van der Waals surface area contributed by atoms with Crippen molar-refractivity contribution >= 4 is 17.9 Å². The minimum atomic E-state index is -0.972. The number of hydrogen-bond acceptors (Lipinski definition) is 6.